The minimum Gasteiger partial charge on any atom is -0.307 e. The largest absolute Gasteiger partial charge is 0.307 e. The molecule has 1 aromatic heterocycles. The van der Waals surface area contributed by atoms with Crippen LogP contribution in [-0.2, 0) is 17.9 Å². The zero-order valence-corrected chi connectivity index (χ0v) is 13.5. The predicted octanol–water partition coefficient (Wildman–Crippen LogP) is 3.11. The summed E-state index contributed by atoms with van der Waals surface area (Å²) in [7, 11) is 0. The van der Waals surface area contributed by atoms with Gasteiger partial charge in [-0.1, -0.05) is 24.3 Å². The smallest absolute Gasteiger partial charge is 0.225 e. The first kappa shape index (κ1) is 15.7. The van der Waals surface area contributed by atoms with Crippen LogP contribution in [0.25, 0.3) is 0 Å². The molecular formula is C16H21N3OS. The summed E-state index contributed by atoms with van der Waals surface area (Å²) in [6.45, 7) is 7.83. The minimum absolute atomic E-state index is 0.0336. The van der Waals surface area contributed by atoms with Crippen molar-refractivity contribution in [2.45, 2.75) is 33.9 Å². The SMILES string of the molecule is CCN(C(C)=O)c1nc(CNCc2ccccc2C)cs1. The van der Waals surface area contributed by atoms with Gasteiger partial charge >= 0.3 is 0 Å². The number of aryl methyl sites for hydroxylation is 1. The number of benzene rings is 1. The molecule has 0 aliphatic carbocycles. The number of carbonyl (C=O) groups is 1. The molecule has 0 fully saturated rings. The van der Waals surface area contributed by atoms with E-state index in [1.165, 1.54) is 22.5 Å². The Kier molecular flexibility index (Phi) is 5.47. The molecule has 0 bridgehead atoms. The molecule has 0 saturated heterocycles. The first-order valence-electron chi connectivity index (χ1n) is 7.09. The lowest BCUT2D eigenvalue weighted by Gasteiger charge is -2.14. The van der Waals surface area contributed by atoms with Gasteiger partial charge in [0.2, 0.25) is 5.91 Å². The zero-order valence-electron chi connectivity index (χ0n) is 12.7. The standard InChI is InChI=1S/C16H21N3OS/c1-4-19(13(3)20)16-18-15(11-21-16)10-17-9-14-8-6-5-7-12(14)2/h5-8,11,17H,4,9-10H2,1-3H3. The topological polar surface area (TPSA) is 45.2 Å². The third-order valence-electron chi connectivity index (χ3n) is 3.35. The van der Waals surface area contributed by atoms with Crippen LogP contribution in [0.4, 0.5) is 5.13 Å². The summed E-state index contributed by atoms with van der Waals surface area (Å²) in [4.78, 5) is 17.7. The Morgan fingerprint density at radius 1 is 1.33 bits per heavy atom. The van der Waals surface area contributed by atoms with Crippen molar-refractivity contribution in [1.29, 1.82) is 0 Å². The Hall–Kier alpha value is -1.72. The van der Waals surface area contributed by atoms with Crippen LogP contribution in [0.5, 0.6) is 0 Å². The Balaban J connectivity index is 1.91. The van der Waals surface area contributed by atoms with Crippen LogP contribution >= 0.6 is 11.3 Å². The molecular weight excluding hydrogens is 282 g/mol. The van der Waals surface area contributed by atoms with Crippen molar-refractivity contribution >= 4 is 22.4 Å². The van der Waals surface area contributed by atoms with E-state index >= 15 is 0 Å². The van der Waals surface area contributed by atoms with Crippen molar-refractivity contribution in [3.63, 3.8) is 0 Å². The van der Waals surface area contributed by atoms with E-state index in [1.807, 2.05) is 18.4 Å². The number of nitrogens with one attached hydrogen (secondary N) is 1. The average Bonchev–Trinajstić information content (AvgIpc) is 2.90. The van der Waals surface area contributed by atoms with Gasteiger partial charge < -0.3 is 5.32 Å². The van der Waals surface area contributed by atoms with Crippen molar-refractivity contribution in [2.75, 3.05) is 11.4 Å². The molecule has 0 aliphatic heterocycles. The number of aromatic nitrogens is 1. The maximum Gasteiger partial charge on any atom is 0.225 e. The van der Waals surface area contributed by atoms with Crippen LogP contribution in [0.1, 0.15) is 30.7 Å². The molecule has 2 rings (SSSR count). The minimum atomic E-state index is 0.0336. The Morgan fingerprint density at radius 2 is 2.10 bits per heavy atom. The number of rotatable bonds is 6. The summed E-state index contributed by atoms with van der Waals surface area (Å²) in [5, 5.41) is 6.18. The molecule has 0 saturated carbocycles. The molecule has 1 aromatic carbocycles. The molecule has 5 heteroatoms. The molecule has 1 N–H and O–H groups in total. The van der Waals surface area contributed by atoms with Gasteiger partial charge in [0, 0.05) is 31.9 Å². The van der Waals surface area contributed by atoms with Gasteiger partial charge in [0.05, 0.1) is 5.69 Å². The second-order valence-electron chi connectivity index (χ2n) is 4.91. The second-order valence-corrected chi connectivity index (χ2v) is 5.75. The number of carbonyl (C=O) groups excluding carboxylic acids is 1. The lowest BCUT2D eigenvalue weighted by molar-refractivity contribution is -0.116. The summed E-state index contributed by atoms with van der Waals surface area (Å²) in [5.74, 6) is 0.0336. The first-order chi connectivity index (χ1) is 10.1. The summed E-state index contributed by atoms with van der Waals surface area (Å²) < 4.78 is 0. The number of nitrogens with zero attached hydrogens (tertiary/aromatic N) is 2. The van der Waals surface area contributed by atoms with Gasteiger partial charge in [-0.05, 0) is 25.0 Å². The number of anilines is 1. The number of hydrogen-bond acceptors (Lipinski definition) is 4. The van der Waals surface area contributed by atoms with E-state index in [4.69, 9.17) is 0 Å². The fraction of sp³-hybridized carbons (Fsp3) is 0.375. The monoisotopic (exact) mass is 303 g/mol. The number of hydrogen-bond donors (Lipinski definition) is 1. The molecule has 2 aromatic rings. The second kappa shape index (κ2) is 7.33. The third-order valence-corrected chi connectivity index (χ3v) is 4.26. The van der Waals surface area contributed by atoms with E-state index in [2.05, 4.69) is 35.4 Å². The van der Waals surface area contributed by atoms with Crippen molar-refractivity contribution in [1.82, 2.24) is 10.3 Å². The van der Waals surface area contributed by atoms with Gasteiger partial charge in [-0.2, -0.15) is 0 Å². The van der Waals surface area contributed by atoms with E-state index in [9.17, 15) is 4.79 Å². The van der Waals surface area contributed by atoms with Crippen LogP contribution in [0, 0.1) is 6.92 Å². The first-order valence-corrected chi connectivity index (χ1v) is 7.97. The summed E-state index contributed by atoms with van der Waals surface area (Å²) >= 11 is 1.51. The molecule has 112 valence electrons. The van der Waals surface area contributed by atoms with Crippen LogP contribution in [0.3, 0.4) is 0 Å². The highest BCUT2D eigenvalue weighted by Crippen LogP contribution is 2.20. The number of amides is 1. The third kappa shape index (κ3) is 4.12. The molecule has 0 aliphatic rings. The van der Waals surface area contributed by atoms with Gasteiger partial charge in [0.25, 0.3) is 0 Å². The van der Waals surface area contributed by atoms with Crippen LogP contribution in [0.2, 0.25) is 0 Å². The van der Waals surface area contributed by atoms with Crippen LogP contribution < -0.4 is 10.2 Å². The molecule has 21 heavy (non-hydrogen) atoms. The van der Waals surface area contributed by atoms with Gasteiger partial charge in [0.1, 0.15) is 0 Å². The average molecular weight is 303 g/mol. The lowest BCUT2D eigenvalue weighted by Crippen LogP contribution is -2.27. The van der Waals surface area contributed by atoms with E-state index in [0.717, 1.165) is 17.4 Å². The Labute approximate surface area is 129 Å². The van der Waals surface area contributed by atoms with Crippen LogP contribution in [0.15, 0.2) is 29.6 Å². The highest BCUT2D eigenvalue weighted by molar-refractivity contribution is 7.14. The normalized spacial score (nSPS) is 10.6. The maximum absolute atomic E-state index is 11.5. The molecule has 1 amide bonds. The molecule has 0 atom stereocenters. The summed E-state index contributed by atoms with van der Waals surface area (Å²) in [5.41, 5.74) is 3.56. The van der Waals surface area contributed by atoms with E-state index in [-0.39, 0.29) is 5.91 Å². The fourth-order valence-electron chi connectivity index (χ4n) is 2.13. The van der Waals surface area contributed by atoms with E-state index in [0.29, 0.717) is 13.1 Å². The molecule has 1 heterocycles. The predicted molar refractivity (Wildman–Crippen MR) is 87.5 cm³/mol. The summed E-state index contributed by atoms with van der Waals surface area (Å²) in [6.07, 6.45) is 0. The molecule has 4 nitrogen and oxygen atoms in total. The maximum atomic E-state index is 11.5. The van der Waals surface area contributed by atoms with Gasteiger partial charge in [-0.3, -0.25) is 9.69 Å². The number of thiazole rings is 1. The van der Waals surface area contributed by atoms with Crippen molar-refractivity contribution in [3.05, 3.63) is 46.5 Å². The molecule has 0 unspecified atom stereocenters. The van der Waals surface area contributed by atoms with Crippen molar-refractivity contribution in [3.8, 4) is 0 Å². The molecule has 0 spiro atoms. The van der Waals surface area contributed by atoms with Crippen LogP contribution in [-0.4, -0.2) is 17.4 Å². The van der Waals surface area contributed by atoms with Gasteiger partial charge in [0.15, 0.2) is 5.13 Å². The van der Waals surface area contributed by atoms with E-state index < -0.39 is 0 Å². The van der Waals surface area contributed by atoms with Gasteiger partial charge in [-0.15, -0.1) is 11.3 Å². The quantitative estimate of drug-likeness (QED) is 0.892. The fourth-order valence-corrected chi connectivity index (χ4v) is 3.06. The van der Waals surface area contributed by atoms with Gasteiger partial charge in [-0.25, -0.2) is 4.98 Å². The molecule has 0 radical (unpaired) electrons. The lowest BCUT2D eigenvalue weighted by atomic mass is 10.1. The highest BCUT2D eigenvalue weighted by atomic mass is 32.1. The zero-order chi connectivity index (χ0) is 15.2. The van der Waals surface area contributed by atoms with Crippen molar-refractivity contribution in [2.24, 2.45) is 0 Å². The Bertz CT molecular complexity index is 609. The van der Waals surface area contributed by atoms with E-state index in [1.54, 1.807) is 11.8 Å². The summed E-state index contributed by atoms with van der Waals surface area (Å²) in [6, 6.07) is 8.34. The highest BCUT2D eigenvalue weighted by Gasteiger charge is 2.13. The Morgan fingerprint density at radius 3 is 2.76 bits per heavy atom. The van der Waals surface area contributed by atoms with Crippen molar-refractivity contribution < 1.29 is 4.79 Å².